The van der Waals surface area contributed by atoms with Crippen molar-refractivity contribution in [1.29, 1.82) is 0 Å². The molecule has 92 valence electrons. The van der Waals surface area contributed by atoms with Gasteiger partial charge in [-0.3, -0.25) is 0 Å². The van der Waals surface area contributed by atoms with Crippen LogP contribution in [-0.4, -0.2) is 23.7 Å². The SMILES string of the molecule is CCC(=CCNC1C(C)(C)C1(C)C)C(=O)O. The summed E-state index contributed by atoms with van der Waals surface area (Å²) in [5, 5.41) is 12.3. The van der Waals surface area contributed by atoms with Crippen LogP contribution in [0.15, 0.2) is 11.6 Å². The maximum atomic E-state index is 10.8. The van der Waals surface area contributed by atoms with Crippen LogP contribution < -0.4 is 5.32 Å². The summed E-state index contributed by atoms with van der Waals surface area (Å²) in [6.07, 6.45) is 2.36. The molecule has 3 nitrogen and oxygen atoms in total. The Bertz CT molecular complexity index is 302. The van der Waals surface area contributed by atoms with Gasteiger partial charge in [-0.1, -0.05) is 40.7 Å². The molecule has 1 aliphatic carbocycles. The van der Waals surface area contributed by atoms with Gasteiger partial charge in [0.15, 0.2) is 0 Å². The molecule has 3 heteroatoms. The zero-order chi connectivity index (χ0) is 12.6. The number of carboxylic acids is 1. The molecule has 1 rings (SSSR count). The minimum absolute atomic E-state index is 0.302. The number of carboxylic acid groups (broad SMARTS) is 1. The Kier molecular flexibility index (Phi) is 3.48. The zero-order valence-electron chi connectivity index (χ0n) is 10.9. The largest absolute Gasteiger partial charge is 0.478 e. The van der Waals surface area contributed by atoms with E-state index in [-0.39, 0.29) is 0 Å². The van der Waals surface area contributed by atoms with Gasteiger partial charge >= 0.3 is 5.97 Å². The highest BCUT2D eigenvalue weighted by atomic mass is 16.4. The first-order valence-electron chi connectivity index (χ1n) is 5.90. The van der Waals surface area contributed by atoms with Gasteiger partial charge in [0.05, 0.1) is 0 Å². The van der Waals surface area contributed by atoms with Gasteiger partial charge in [-0.2, -0.15) is 0 Å². The highest BCUT2D eigenvalue weighted by molar-refractivity contribution is 5.86. The highest BCUT2D eigenvalue weighted by Crippen LogP contribution is 2.62. The molecule has 1 saturated carbocycles. The summed E-state index contributed by atoms with van der Waals surface area (Å²) < 4.78 is 0. The van der Waals surface area contributed by atoms with Gasteiger partial charge in [0.25, 0.3) is 0 Å². The molecule has 0 saturated heterocycles. The minimum atomic E-state index is -0.807. The lowest BCUT2D eigenvalue weighted by atomic mass is 10.0. The van der Waals surface area contributed by atoms with Crippen LogP contribution in [0.3, 0.4) is 0 Å². The Labute approximate surface area is 97.9 Å². The van der Waals surface area contributed by atoms with Crippen molar-refractivity contribution >= 4 is 5.97 Å². The molecule has 2 N–H and O–H groups in total. The van der Waals surface area contributed by atoms with Crippen molar-refractivity contribution < 1.29 is 9.90 Å². The topological polar surface area (TPSA) is 49.3 Å². The van der Waals surface area contributed by atoms with Crippen molar-refractivity contribution in [2.24, 2.45) is 10.8 Å². The summed E-state index contributed by atoms with van der Waals surface area (Å²) in [4.78, 5) is 10.8. The van der Waals surface area contributed by atoms with Crippen molar-refractivity contribution in [2.45, 2.75) is 47.1 Å². The zero-order valence-corrected chi connectivity index (χ0v) is 10.9. The first-order chi connectivity index (χ1) is 7.25. The maximum absolute atomic E-state index is 10.8. The van der Waals surface area contributed by atoms with Crippen LogP contribution >= 0.6 is 0 Å². The second-order valence-electron chi connectivity index (χ2n) is 5.67. The van der Waals surface area contributed by atoms with Gasteiger partial charge < -0.3 is 10.4 Å². The molecule has 0 atom stereocenters. The summed E-state index contributed by atoms with van der Waals surface area (Å²) >= 11 is 0. The summed E-state index contributed by atoms with van der Waals surface area (Å²) in [6, 6.07) is 0.475. The monoisotopic (exact) mass is 225 g/mol. The van der Waals surface area contributed by atoms with E-state index < -0.39 is 5.97 Å². The number of hydrogen-bond acceptors (Lipinski definition) is 2. The normalized spacial score (nSPS) is 23.2. The summed E-state index contributed by atoms with van der Waals surface area (Å²) in [5.41, 5.74) is 1.09. The molecule has 0 spiro atoms. The van der Waals surface area contributed by atoms with E-state index in [4.69, 9.17) is 5.11 Å². The van der Waals surface area contributed by atoms with Crippen LogP contribution in [0.5, 0.6) is 0 Å². The quantitative estimate of drug-likeness (QED) is 0.706. The van der Waals surface area contributed by atoms with Crippen LogP contribution in [0.25, 0.3) is 0 Å². The Hall–Kier alpha value is -0.830. The first kappa shape index (κ1) is 13.2. The van der Waals surface area contributed by atoms with E-state index in [1.54, 1.807) is 6.08 Å². The first-order valence-corrected chi connectivity index (χ1v) is 5.90. The molecule has 0 bridgehead atoms. The predicted molar refractivity (Wildman–Crippen MR) is 65.4 cm³/mol. The molecular formula is C13H23NO2. The summed E-state index contributed by atoms with van der Waals surface area (Å²) in [5.74, 6) is -0.807. The molecule has 0 heterocycles. The van der Waals surface area contributed by atoms with Crippen molar-refractivity contribution in [3.8, 4) is 0 Å². The van der Waals surface area contributed by atoms with E-state index in [0.717, 1.165) is 0 Å². The van der Waals surface area contributed by atoms with E-state index >= 15 is 0 Å². The van der Waals surface area contributed by atoms with Crippen LogP contribution in [0, 0.1) is 10.8 Å². The average molecular weight is 225 g/mol. The van der Waals surface area contributed by atoms with E-state index in [2.05, 4.69) is 33.0 Å². The Morgan fingerprint density at radius 2 is 1.81 bits per heavy atom. The lowest BCUT2D eigenvalue weighted by molar-refractivity contribution is -0.132. The van der Waals surface area contributed by atoms with Crippen molar-refractivity contribution in [3.63, 3.8) is 0 Å². The summed E-state index contributed by atoms with van der Waals surface area (Å²) in [6.45, 7) is 11.5. The van der Waals surface area contributed by atoms with Gasteiger partial charge in [0, 0.05) is 18.2 Å². The van der Waals surface area contributed by atoms with Gasteiger partial charge in [0.2, 0.25) is 0 Å². The fourth-order valence-electron chi connectivity index (χ4n) is 2.39. The van der Waals surface area contributed by atoms with Crippen molar-refractivity contribution in [2.75, 3.05) is 6.54 Å². The molecular weight excluding hydrogens is 202 g/mol. The highest BCUT2D eigenvalue weighted by Gasteiger charge is 2.64. The lowest BCUT2D eigenvalue weighted by Crippen LogP contribution is -2.22. The van der Waals surface area contributed by atoms with Crippen LogP contribution in [0.4, 0.5) is 0 Å². The third-order valence-electron chi connectivity index (χ3n) is 4.35. The van der Waals surface area contributed by atoms with E-state index in [0.29, 0.717) is 35.4 Å². The average Bonchev–Trinajstić information content (AvgIpc) is 2.53. The number of carbonyl (C=O) groups is 1. The Balaban J connectivity index is 2.47. The predicted octanol–water partition coefficient (Wildman–Crippen LogP) is 2.43. The standard InChI is InChI=1S/C13H23NO2/c1-6-9(10(15)16)7-8-14-11-12(2,3)13(11,4)5/h7,11,14H,6,8H2,1-5H3,(H,15,16). The maximum Gasteiger partial charge on any atom is 0.331 e. The molecule has 1 aliphatic rings. The fourth-order valence-corrected chi connectivity index (χ4v) is 2.39. The molecule has 0 aromatic heterocycles. The third kappa shape index (κ3) is 2.14. The second kappa shape index (κ2) is 4.21. The smallest absolute Gasteiger partial charge is 0.331 e. The van der Waals surface area contributed by atoms with E-state index in [1.165, 1.54) is 0 Å². The Morgan fingerprint density at radius 3 is 2.12 bits per heavy atom. The number of aliphatic carboxylic acids is 1. The van der Waals surface area contributed by atoms with Gasteiger partial charge in [0.1, 0.15) is 0 Å². The molecule has 0 aromatic rings. The molecule has 0 unspecified atom stereocenters. The second-order valence-corrected chi connectivity index (χ2v) is 5.67. The number of nitrogens with one attached hydrogen (secondary N) is 1. The van der Waals surface area contributed by atoms with Crippen LogP contribution in [-0.2, 0) is 4.79 Å². The number of rotatable bonds is 5. The van der Waals surface area contributed by atoms with Crippen LogP contribution in [0.1, 0.15) is 41.0 Å². The van der Waals surface area contributed by atoms with Crippen molar-refractivity contribution in [3.05, 3.63) is 11.6 Å². The molecule has 0 radical (unpaired) electrons. The molecule has 0 amide bonds. The summed E-state index contributed by atoms with van der Waals surface area (Å²) in [7, 11) is 0. The van der Waals surface area contributed by atoms with Gasteiger partial charge in [-0.25, -0.2) is 4.79 Å². The Morgan fingerprint density at radius 1 is 1.31 bits per heavy atom. The van der Waals surface area contributed by atoms with Crippen molar-refractivity contribution in [1.82, 2.24) is 5.32 Å². The number of hydrogen-bond donors (Lipinski definition) is 2. The molecule has 0 aliphatic heterocycles. The third-order valence-corrected chi connectivity index (χ3v) is 4.35. The van der Waals surface area contributed by atoms with E-state index in [1.807, 2.05) is 6.92 Å². The van der Waals surface area contributed by atoms with Gasteiger partial charge in [-0.05, 0) is 17.3 Å². The molecule has 1 fully saturated rings. The van der Waals surface area contributed by atoms with Crippen LogP contribution in [0.2, 0.25) is 0 Å². The minimum Gasteiger partial charge on any atom is -0.478 e. The molecule has 0 aromatic carbocycles. The fraction of sp³-hybridized carbons (Fsp3) is 0.769. The molecule has 16 heavy (non-hydrogen) atoms. The van der Waals surface area contributed by atoms with E-state index in [9.17, 15) is 4.79 Å². The van der Waals surface area contributed by atoms with Gasteiger partial charge in [-0.15, -0.1) is 0 Å². The lowest BCUT2D eigenvalue weighted by Gasteiger charge is -2.04.